The number of hydrogen-bond donors (Lipinski definition) is 2. The van der Waals surface area contributed by atoms with Gasteiger partial charge in [0.1, 0.15) is 5.75 Å². The van der Waals surface area contributed by atoms with Crippen molar-refractivity contribution in [2.75, 3.05) is 20.2 Å². The third-order valence-electron chi connectivity index (χ3n) is 3.69. The van der Waals surface area contributed by atoms with Crippen LogP contribution in [0.5, 0.6) is 5.75 Å². The normalized spacial score (nSPS) is 17.7. The van der Waals surface area contributed by atoms with Gasteiger partial charge >= 0.3 is 0 Å². The number of hydrogen-bond acceptors (Lipinski definition) is 3. The summed E-state index contributed by atoms with van der Waals surface area (Å²) in [5.41, 5.74) is 1.25. The van der Waals surface area contributed by atoms with Gasteiger partial charge in [-0.1, -0.05) is 12.1 Å². The molecule has 1 aliphatic heterocycles. The minimum atomic E-state index is 0. The number of piperidine rings is 1. The van der Waals surface area contributed by atoms with E-state index in [9.17, 15) is 4.79 Å². The Bertz CT molecular complexity index is 417. The molecule has 1 aliphatic rings. The molecule has 0 aliphatic carbocycles. The molecule has 2 N–H and O–H groups in total. The van der Waals surface area contributed by atoms with Gasteiger partial charge in [0.2, 0.25) is 5.91 Å². The van der Waals surface area contributed by atoms with Crippen LogP contribution in [0.3, 0.4) is 0 Å². The lowest BCUT2D eigenvalue weighted by molar-refractivity contribution is -0.122. The maximum Gasteiger partial charge on any atom is 0.220 e. The molecule has 1 saturated heterocycles. The van der Waals surface area contributed by atoms with Crippen molar-refractivity contribution in [1.82, 2.24) is 10.6 Å². The van der Waals surface area contributed by atoms with Crippen LogP contribution < -0.4 is 15.4 Å². The lowest BCUT2D eigenvalue weighted by Gasteiger charge is -2.23. The Kier molecular flexibility index (Phi) is 8.16. The number of carbonyl (C=O) groups is 1. The van der Waals surface area contributed by atoms with Crippen molar-refractivity contribution in [1.29, 1.82) is 0 Å². The highest BCUT2D eigenvalue weighted by molar-refractivity contribution is 5.85. The number of amides is 1. The maximum absolute atomic E-state index is 11.8. The molecule has 0 saturated carbocycles. The predicted octanol–water partition coefficient (Wildman–Crippen LogP) is 2.31. The fraction of sp³-hybridized carbons (Fsp3) is 0.562. The molecule has 1 heterocycles. The minimum absolute atomic E-state index is 0. The third-order valence-corrected chi connectivity index (χ3v) is 3.69. The van der Waals surface area contributed by atoms with Crippen molar-refractivity contribution in [2.45, 2.75) is 38.1 Å². The molecule has 1 atom stereocenters. The first kappa shape index (κ1) is 17.8. The van der Waals surface area contributed by atoms with E-state index in [0.717, 1.165) is 44.5 Å². The predicted molar refractivity (Wildman–Crippen MR) is 87.2 cm³/mol. The van der Waals surface area contributed by atoms with Crippen LogP contribution in [0.4, 0.5) is 0 Å². The summed E-state index contributed by atoms with van der Waals surface area (Å²) in [6.45, 7) is 1.98. The molecule has 4 nitrogen and oxygen atoms in total. The molecule has 5 heteroatoms. The zero-order valence-electron chi connectivity index (χ0n) is 12.6. The molecule has 1 fully saturated rings. The van der Waals surface area contributed by atoms with Crippen LogP contribution in [0.2, 0.25) is 0 Å². The molecule has 0 bridgehead atoms. The smallest absolute Gasteiger partial charge is 0.220 e. The van der Waals surface area contributed by atoms with Crippen LogP contribution in [-0.4, -0.2) is 32.1 Å². The molecule has 2 rings (SSSR count). The van der Waals surface area contributed by atoms with Gasteiger partial charge in [0.05, 0.1) is 7.11 Å². The van der Waals surface area contributed by atoms with Gasteiger partial charge in [-0.3, -0.25) is 4.79 Å². The standard InChI is InChI=1S/C16H24N2O2.ClH/c1-20-15-9-7-13(8-10-15)4-2-6-16(19)18-14-5-3-11-17-12-14;/h7-10,14,17H,2-6,11-12H2,1H3,(H,18,19);1H. The van der Waals surface area contributed by atoms with Gasteiger partial charge in [-0.25, -0.2) is 0 Å². The van der Waals surface area contributed by atoms with Gasteiger partial charge in [0.15, 0.2) is 0 Å². The number of benzene rings is 1. The number of ether oxygens (including phenoxy) is 1. The SMILES string of the molecule is COc1ccc(CCCC(=O)NC2CCCNC2)cc1.Cl. The average molecular weight is 313 g/mol. The summed E-state index contributed by atoms with van der Waals surface area (Å²) in [4.78, 5) is 11.8. The molecular formula is C16H25ClN2O2. The van der Waals surface area contributed by atoms with E-state index in [1.807, 2.05) is 12.1 Å². The summed E-state index contributed by atoms with van der Waals surface area (Å²) in [5, 5.41) is 6.41. The minimum Gasteiger partial charge on any atom is -0.497 e. The monoisotopic (exact) mass is 312 g/mol. The zero-order chi connectivity index (χ0) is 14.2. The van der Waals surface area contributed by atoms with Crippen LogP contribution in [0.25, 0.3) is 0 Å². The van der Waals surface area contributed by atoms with Crippen molar-refractivity contribution < 1.29 is 9.53 Å². The van der Waals surface area contributed by atoms with Gasteiger partial charge in [-0.2, -0.15) is 0 Å². The summed E-state index contributed by atoms with van der Waals surface area (Å²) < 4.78 is 5.13. The molecule has 0 radical (unpaired) electrons. The Morgan fingerprint density at radius 2 is 2.14 bits per heavy atom. The molecule has 21 heavy (non-hydrogen) atoms. The van der Waals surface area contributed by atoms with Crippen molar-refractivity contribution in [3.8, 4) is 5.75 Å². The van der Waals surface area contributed by atoms with Crippen LogP contribution in [0.15, 0.2) is 24.3 Å². The average Bonchev–Trinajstić information content (AvgIpc) is 2.49. The van der Waals surface area contributed by atoms with E-state index in [1.54, 1.807) is 7.11 Å². The third kappa shape index (κ3) is 6.36. The van der Waals surface area contributed by atoms with Crippen molar-refractivity contribution in [3.05, 3.63) is 29.8 Å². The van der Waals surface area contributed by atoms with Gasteiger partial charge in [-0.05, 0) is 49.9 Å². The number of halogens is 1. The molecule has 0 spiro atoms. The Labute approximate surface area is 133 Å². The largest absolute Gasteiger partial charge is 0.497 e. The van der Waals surface area contributed by atoms with E-state index in [-0.39, 0.29) is 18.3 Å². The van der Waals surface area contributed by atoms with Gasteiger partial charge in [0.25, 0.3) is 0 Å². The van der Waals surface area contributed by atoms with Crippen LogP contribution in [-0.2, 0) is 11.2 Å². The fourth-order valence-corrected chi connectivity index (χ4v) is 2.52. The van der Waals surface area contributed by atoms with E-state index in [0.29, 0.717) is 12.5 Å². The summed E-state index contributed by atoms with van der Waals surface area (Å²) in [6.07, 6.45) is 4.66. The Balaban J connectivity index is 0.00000220. The Hall–Kier alpha value is -1.26. The molecule has 1 amide bonds. The summed E-state index contributed by atoms with van der Waals surface area (Å²) in [7, 11) is 1.67. The lowest BCUT2D eigenvalue weighted by Crippen LogP contribution is -2.45. The number of aryl methyl sites for hydroxylation is 1. The van der Waals surface area contributed by atoms with E-state index < -0.39 is 0 Å². The number of rotatable bonds is 6. The number of nitrogens with one attached hydrogen (secondary N) is 2. The van der Waals surface area contributed by atoms with Crippen molar-refractivity contribution in [3.63, 3.8) is 0 Å². The second-order valence-electron chi connectivity index (χ2n) is 5.31. The summed E-state index contributed by atoms with van der Waals surface area (Å²) in [6, 6.07) is 8.35. The van der Waals surface area contributed by atoms with E-state index in [4.69, 9.17) is 4.74 Å². The molecular weight excluding hydrogens is 288 g/mol. The van der Waals surface area contributed by atoms with Crippen molar-refractivity contribution in [2.24, 2.45) is 0 Å². The summed E-state index contributed by atoms with van der Waals surface area (Å²) >= 11 is 0. The van der Waals surface area contributed by atoms with Gasteiger partial charge in [0, 0.05) is 19.0 Å². The van der Waals surface area contributed by atoms with Crippen LogP contribution in [0, 0.1) is 0 Å². The Morgan fingerprint density at radius 3 is 2.76 bits per heavy atom. The van der Waals surface area contributed by atoms with E-state index in [1.165, 1.54) is 5.56 Å². The molecule has 1 aromatic rings. The van der Waals surface area contributed by atoms with E-state index in [2.05, 4.69) is 22.8 Å². The molecule has 1 aromatic carbocycles. The highest BCUT2D eigenvalue weighted by Crippen LogP contribution is 2.13. The second kappa shape index (κ2) is 9.64. The molecule has 1 unspecified atom stereocenters. The fourth-order valence-electron chi connectivity index (χ4n) is 2.52. The number of methoxy groups -OCH3 is 1. The maximum atomic E-state index is 11.8. The van der Waals surface area contributed by atoms with Crippen LogP contribution >= 0.6 is 12.4 Å². The zero-order valence-corrected chi connectivity index (χ0v) is 13.4. The highest BCUT2D eigenvalue weighted by Gasteiger charge is 2.14. The Morgan fingerprint density at radius 1 is 1.38 bits per heavy atom. The van der Waals surface area contributed by atoms with Gasteiger partial charge in [-0.15, -0.1) is 12.4 Å². The number of carbonyl (C=O) groups excluding carboxylic acids is 1. The molecule has 0 aromatic heterocycles. The first-order valence-electron chi connectivity index (χ1n) is 7.41. The first-order chi connectivity index (χ1) is 9.78. The van der Waals surface area contributed by atoms with Gasteiger partial charge < -0.3 is 15.4 Å². The van der Waals surface area contributed by atoms with E-state index >= 15 is 0 Å². The van der Waals surface area contributed by atoms with Crippen LogP contribution in [0.1, 0.15) is 31.2 Å². The quantitative estimate of drug-likeness (QED) is 0.847. The second-order valence-corrected chi connectivity index (χ2v) is 5.31. The molecule has 118 valence electrons. The summed E-state index contributed by atoms with van der Waals surface area (Å²) in [5.74, 6) is 1.04. The highest BCUT2D eigenvalue weighted by atomic mass is 35.5. The lowest BCUT2D eigenvalue weighted by atomic mass is 10.1. The first-order valence-corrected chi connectivity index (χ1v) is 7.41. The van der Waals surface area contributed by atoms with Crippen molar-refractivity contribution >= 4 is 18.3 Å². The topological polar surface area (TPSA) is 50.4 Å².